The zero-order valence-corrected chi connectivity index (χ0v) is 13.8. The van der Waals surface area contributed by atoms with E-state index in [-0.39, 0.29) is 5.76 Å². The molecule has 3 N–H and O–H groups in total. The molecule has 0 fully saturated rings. The van der Waals surface area contributed by atoms with E-state index in [4.69, 9.17) is 14.3 Å². The van der Waals surface area contributed by atoms with E-state index in [0.717, 1.165) is 23.3 Å². The largest absolute Gasteiger partial charge is 0.450 e. The first kappa shape index (κ1) is 17.7. The Bertz CT molecular complexity index is 885. The highest BCUT2D eigenvalue weighted by atomic mass is 32.2. The van der Waals surface area contributed by atoms with Gasteiger partial charge >= 0.3 is 5.97 Å². The summed E-state index contributed by atoms with van der Waals surface area (Å²) in [5.41, 5.74) is 2.53. The molecule has 0 bridgehead atoms. The minimum absolute atomic E-state index is 0.362. The zero-order valence-electron chi connectivity index (χ0n) is 13.0. The van der Waals surface area contributed by atoms with E-state index < -0.39 is 33.6 Å². The molecule has 0 aliphatic carbocycles. The second-order valence-electron chi connectivity index (χ2n) is 5.04. The highest BCUT2D eigenvalue weighted by molar-refractivity contribution is 7.89. The molecule has 1 aromatic carbocycles. The number of benzene rings is 1. The van der Waals surface area contributed by atoms with E-state index in [0.29, 0.717) is 5.69 Å². The molecular formula is C15H16N2O6S. The van der Waals surface area contributed by atoms with Crippen LogP contribution in [-0.2, 0) is 19.6 Å². The maximum absolute atomic E-state index is 11.8. The number of sulfonamides is 1. The smallest absolute Gasteiger partial charge is 0.374 e. The van der Waals surface area contributed by atoms with Crippen molar-refractivity contribution in [2.45, 2.75) is 18.9 Å². The molecule has 0 atom stereocenters. The number of ether oxygens (including phenoxy) is 1. The Labute approximate surface area is 138 Å². The Morgan fingerprint density at radius 1 is 1.21 bits per heavy atom. The van der Waals surface area contributed by atoms with Crippen LogP contribution in [0.5, 0.6) is 0 Å². The maximum atomic E-state index is 11.8. The van der Waals surface area contributed by atoms with E-state index in [1.54, 1.807) is 12.1 Å². The van der Waals surface area contributed by atoms with Gasteiger partial charge in [0.25, 0.3) is 15.9 Å². The quantitative estimate of drug-likeness (QED) is 0.781. The number of rotatable bonds is 5. The van der Waals surface area contributed by atoms with Crippen LogP contribution in [0.4, 0.5) is 5.69 Å². The van der Waals surface area contributed by atoms with Gasteiger partial charge in [0.1, 0.15) is 0 Å². The van der Waals surface area contributed by atoms with Crippen molar-refractivity contribution in [1.82, 2.24) is 0 Å². The predicted octanol–water partition coefficient (Wildman–Crippen LogP) is 1.34. The molecule has 24 heavy (non-hydrogen) atoms. The summed E-state index contributed by atoms with van der Waals surface area (Å²) < 4.78 is 31.7. The van der Waals surface area contributed by atoms with E-state index in [1.165, 1.54) is 0 Å². The number of amides is 1. The Kier molecular flexibility index (Phi) is 5.05. The third-order valence-electron chi connectivity index (χ3n) is 3.28. The predicted molar refractivity (Wildman–Crippen MR) is 84.9 cm³/mol. The Hall–Kier alpha value is -2.65. The lowest BCUT2D eigenvalue weighted by molar-refractivity contribution is -0.119. The van der Waals surface area contributed by atoms with Crippen molar-refractivity contribution in [3.8, 4) is 0 Å². The maximum Gasteiger partial charge on any atom is 0.374 e. The molecule has 2 rings (SSSR count). The van der Waals surface area contributed by atoms with Crippen LogP contribution in [0.25, 0.3) is 0 Å². The highest BCUT2D eigenvalue weighted by Crippen LogP contribution is 2.18. The fourth-order valence-corrected chi connectivity index (χ4v) is 2.32. The van der Waals surface area contributed by atoms with Gasteiger partial charge in [0.15, 0.2) is 6.61 Å². The minimum atomic E-state index is -4.05. The number of nitrogens with one attached hydrogen (secondary N) is 1. The van der Waals surface area contributed by atoms with E-state index in [2.05, 4.69) is 5.32 Å². The summed E-state index contributed by atoms with van der Waals surface area (Å²) >= 11 is 0. The standard InChI is InChI=1S/C15H16N2O6S/c1-9-4-3-5-11(10(9)2)17-13(18)8-22-15(19)12-6-7-14(23-12)24(16,20)21/h3-7H,8H2,1-2H3,(H,17,18)(H2,16,20,21). The lowest BCUT2D eigenvalue weighted by atomic mass is 10.1. The van der Waals surface area contributed by atoms with Gasteiger partial charge in [-0.2, -0.15) is 0 Å². The van der Waals surface area contributed by atoms with Crippen LogP contribution >= 0.6 is 0 Å². The monoisotopic (exact) mass is 352 g/mol. The molecule has 8 nitrogen and oxygen atoms in total. The summed E-state index contributed by atoms with van der Waals surface area (Å²) in [5, 5.41) is 6.93. The van der Waals surface area contributed by atoms with Crippen LogP contribution < -0.4 is 10.5 Å². The molecule has 0 aliphatic rings. The van der Waals surface area contributed by atoms with Crippen LogP contribution in [0.15, 0.2) is 39.8 Å². The van der Waals surface area contributed by atoms with Crippen molar-refractivity contribution in [3.05, 3.63) is 47.2 Å². The Morgan fingerprint density at radius 2 is 1.92 bits per heavy atom. The molecule has 0 aliphatic heterocycles. The fourth-order valence-electron chi connectivity index (χ4n) is 1.86. The number of nitrogens with two attached hydrogens (primary N) is 1. The lowest BCUT2D eigenvalue weighted by Crippen LogP contribution is -2.21. The van der Waals surface area contributed by atoms with Crippen molar-refractivity contribution in [2.75, 3.05) is 11.9 Å². The molecule has 1 amide bonds. The highest BCUT2D eigenvalue weighted by Gasteiger charge is 2.19. The van der Waals surface area contributed by atoms with Gasteiger partial charge in [-0.15, -0.1) is 0 Å². The molecule has 1 aromatic heterocycles. The fraction of sp³-hybridized carbons (Fsp3) is 0.200. The van der Waals surface area contributed by atoms with Gasteiger partial charge in [-0.25, -0.2) is 18.4 Å². The van der Waals surface area contributed by atoms with Gasteiger partial charge in [0.05, 0.1) is 0 Å². The van der Waals surface area contributed by atoms with Gasteiger partial charge in [0, 0.05) is 5.69 Å². The molecular weight excluding hydrogens is 336 g/mol. The summed E-state index contributed by atoms with van der Waals surface area (Å²) in [7, 11) is -4.05. The van der Waals surface area contributed by atoms with E-state index in [1.807, 2.05) is 19.9 Å². The van der Waals surface area contributed by atoms with Crippen molar-refractivity contribution in [3.63, 3.8) is 0 Å². The number of primary sulfonamides is 1. The number of anilines is 1. The molecule has 128 valence electrons. The van der Waals surface area contributed by atoms with Crippen LogP contribution in [-0.4, -0.2) is 26.9 Å². The van der Waals surface area contributed by atoms with Gasteiger partial charge < -0.3 is 14.5 Å². The average Bonchev–Trinajstić information content (AvgIpc) is 2.99. The third kappa shape index (κ3) is 4.21. The number of esters is 1. The summed E-state index contributed by atoms with van der Waals surface area (Å²) in [6.45, 7) is 3.22. The van der Waals surface area contributed by atoms with Crippen LogP contribution in [0, 0.1) is 13.8 Å². The van der Waals surface area contributed by atoms with Crippen molar-refractivity contribution < 1.29 is 27.2 Å². The summed E-state index contributed by atoms with van der Waals surface area (Å²) in [6, 6.07) is 7.56. The van der Waals surface area contributed by atoms with Gasteiger partial charge in [-0.3, -0.25) is 4.79 Å². The molecule has 0 spiro atoms. The summed E-state index contributed by atoms with van der Waals surface area (Å²) in [4.78, 5) is 23.6. The topological polar surface area (TPSA) is 129 Å². The van der Waals surface area contributed by atoms with Crippen LogP contribution in [0.2, 0.25) is 0 Å². The normalized spacial score (nSPS) is 11.1. The molecule has 0 saturated carbocycles. The minimum Gasteiger partial charge on any atom is -0.450 e. The average molecular weight is 352 g/mol. The number of carbonyl (C=O) groups excluding carboxylic acids is 2. The van der Waals surface area contributed by atoms with Crippen molar-refractivity contribution >= 4 is 27.6 Å². The molecule has 0 radical (unpaired) electrons. The zero-order chi connectivity index (χ0) is 17.9. The molecule has 9 heteroatoms. The van der Waals surface area contributed by atoms with Crippen LogP contribution in [0.3, 0.4) is 0 Å². The summed E-state index contributed by atoms with van der Waals surface area (Å²) in [5.74, 6) is -1.87. The Morgan fingerprint density at radius 3 is 2.54 bits per heavy atom. The number of hydrogen-bond acceptors (Lipinski definition) is 6. The first-order valence-corrected chi connectivity index (χ1v) is 8.39. The van der Waals surface area contributed by atoms with Gasteiger partial charge in [-0.1, -0.05) is 12.1 Å². The van der Waals surface area contributed by atoms with Crippen molar-refractivity contribution in [2.24, 2.45) is 5.14 Å². The number of furan rings is 1. The second kappa shape index (κ2) is 6.85. The lowest BCUT2D eigenvalue weighted by Gasteiger charge is -2.10. The number of carbonyl (C=O) groups is 2. The SMILES string of the molecule is Cc1cccc(NC(=O)COC(=O)c2ccc(S(N)(=O)=O)o2)c1C. The Balaban J connectivity index is 1.95. The molecule has 0 unspecified atom stereocenters. The molecule has 0 saturated heterocycles. The van der Waals surface area contributed by atoms with Gasteiger partial charge in [-0.05, 0) is 43.2 Å². The van der Waals surface area contributed by atoms with Gasteiger partial charge in [0.2, 0.25) is 10.9 Å². The molecule has 1 heterocycles. The van der Waals surface area contributed by atoms with E-state index in [9.17, 15) is 18.0 Å². The number of hydrogen-bond donors (Lipinski definition) is 2. The van der Waals surface area contributed by atoms with E-state index >= 15 is 0 Å². The van der Waals surface area contributed by atoms with Crippen LogP contribution in [0.1, 0.15) is 21.7 Å². The first-order valence-electron chi connectivity index (χ1n) is 6.84. The molecule has 2 aromatic rings. The third-order valence-corrected chi connectivity index (χ3v) is 4.06. The summed E-state index contributed by atoms with van der Waals surface area (Å²) in [6.07, 6.45) is 0. The second-order valence-corrected chi connectivity index (χ2v) is 6.53. The van der Waals surface area contributed by atoms with Crippen molar-refractivity contribution in [1.29, 1.82) is 0 Å². The first-order chi connectivity index (χ1) is 11.2. The number of aryl methyl sites for hydroxylation is 1.